The van der Waals surface area contributed by atoms with E-state index in [1.807, 2.05) is 23.1 Å². The Labute approximate surface area is 130 Å². The monoisotopic (exact) mass is 303 g/mol. The number of likely N-dealkylation sites (N-methyl/N-ethyl adjacent to an activating group) is 1. The van der Waals surface area contributed by atoms with Crippen LogP contribution in [-0.2, 0) is 16.0 Å². The quantitative estimate of drug-likeness (QED) is 0.859. The minimum absolute atomic E-state index is 0.0712. The van der Waals surface area contributed by atoms with E-state index in [0.29, 0.717) is 12.2 Å². The molecule has 1 aromatic rings. The standard InChI is InChI=1S/C16H21N3O3/c1-11-16(21)18(2)13-9-12(3-4-14(13)22-11)10-15(20)19-7-5-17-6-8-19/h3-4,9,11,17H,5-8,10H2,1-2H3. The molecule has 0 aromatic heterocycles. The molecule has 1 unspecified atom stereocenters. The van der Waals surface area contributed by atoms with Gasteiger partial charge >= 0.3 is 0 Å². The van der Waals surface area contributed by atoms with Gasteiger partial charge in [-0.25, -0.2) is 0 Å². The molecule has 118 valence electrons. The number of piperazine rings is 1. The van der Waals surface area contributed by atoms with Gasteiger partial charge in [-0.1, -0.05) is 6.07 Å². The first kappa shape index (κ1) is 14.8. The molecule has 2 heterocycles. The van der Waals surface area contributed by atoms with Crippen molar-refractivity contribution in [3.05, 3.63) is 23.8 Å². The van der Waals surface area contributed by atoms with E-state index in [-0.39, 0.29) is 11.8 Å². The van der Waals surface area contributed by atoms with Crippen molar-refractivity contribution in [3.63, 3.8) is 0 Å². The number of rotatable bonds is 2. The molecular formula is C16H21N3O3. The van der Waals surface area contributed by atoms with Crippen molar-refractivity contribution in [2.75, 3.05) is 38.1 Å². The van der Waals surface area contributed by atoms with Crippen LogP contribution in [0.15, 0.2) is 18.2 Å². The molecule has 0 bridgehead atoms. The van der Waals surface area contributed by atoms with Crippen LogP contribution in [-0.4, -0.2) is 56.0 Å². The SMILES string of the molecule is CC1Oc2ccc(CC(=O)N3CCNCC3)cc2N(C)C1=O. The van der Waals surface area contributed by atoms with Crippen LogP contribution < -0.4 is 15.0 Å². The molecular weight excluding hydrogens is 282 g/mol. The number of hydrogen-bond donors (Lipinski definition) is 1. The van der Waals surface area contributed by atoms with Crippen molar-refractivity contribution in [1.29, 1.82) is 0 Å². The summed E-state index contributed by atoms with van der Waals surface area (Å²) in [5, 5.41) is 3.23. The van der Waals surface area contributed by atoms with Gasteiger partial charge in [0.2, 0.25) is 5.91 Å². The summed E-state index contributed by atoms with van der Waals surface area (Å²) in [5.41, 5.74) is 1.63. The van der Waals surface area contributed by atoms with Crippen molar-refractivity contribution in [2.45, 2.75) is 19.4 Å². The predicted octanol–water partition coefficient (Wildman–Crippen LogP) is 0.405. The zero-order valence-corrected chi connectivity index (χ0v) is 13.0. The third kappa shape index (κ3) is 2.78. The zero-order valence-electron chi connectivity index (χ0n) is 13.0. The van der Waals surface area contributed by atoms with E-state index in [2.05, 4.69) is 5.32 Å². The molecule has 1 atom stereocenters. The average Bonchev–Trinajstić information content (AvgIpc) is 2.54. The number of benzene rings is 1. The first-order valence-corrected chi connectivity index (χ1v) is 7.62. The van der Waals surface area contributed by atoms with Crippen LogP contribution in [0.25, 0.3) is 0 Å². The van der Waals surface area contributed by atoms with E-state index in [4.69, 9.17) is 4.74 Å². The van der Waals surface area contributed by atoms with Gasteiger partial charge in [-0.3, -0.25) is 9.59 Å². The molecule has 6 heteroatoms. The van der Waals surface area contributed by atoms with Gasteiger partial charge in [0.15, 0.2) is 6.10 Å². The van der Waals surface area contributed by atoms with Gasteiger partial charge in [-0.15, -0.1) is 0 Å². The number of ether oxygens (including phenoxy) is 1. The lowest BCUT2D eigenvalue weighted by molar-refractivity contribution is -0.131. The highest BCUT2D eigenvalue weighted by Gasteiger charge is 2.29. The molecule has 1 fully saturated rings. The Kier molecular flexibility index (Phi) is 4.02. The highest BCUT2D eigenvalue weighted by molar-refractivity contribution is 5.99. The Morgan fingerprint density at radius 3 is 2.82 bits per heavy atom. The van der Waals surface area contributed by atoms with Crippen molar-refractivity contribution < 1.29 is 14.3 Å². The van der Waals surface area contributed by atoms with E-state index in [9.17, 15) is 9.59 Å². The number of hydrogen-bond acceptors (Lipinski definition) is 4. The molecule has 1 aromatic carbocycles. The number of fused-ring (bicyclic) bond motifs is 1. The van der Waals surface area contributed by atoms with E-state index in [0.717, 1.165) is 37.4 Å². The summed E-state index contributed by atoms with van der Waals surface area (Å²) in [7, 11) is 1.74. The lowest BCUT2D eigenvalue weighted by Crippen LogP contribution is -2.47. The maximum absolute atomic E-state index is 12.3. The Balaban J connectivity index is 1.76. The summed E-state index contributed by atoms with van der Waals surface area (Å²) in [6, 6.07) is 5.61. The maximum Gasteiger partial charge on any atom is 0.267 e. The second kappa shape index (κ2) is 5.96. The topological polar surface area (TPSA) is 61.9 Å². The molecule has 1 N–H and O–H groups in total. The molecule has 0 radical (unpaired) electrons. The van der Waals surface area contributed by atoms with Gasteiger partial charge in [0.05, 0.1) is 12.1 Å². The van der Waals surface area contributed by atoms with Crippen LogP contribution in [0.2, 0.25) is 0 Å². The van der Waals surface area contributed by atoms with Gasteiger partial charge in [0.1, 0.15) is 5.75 Å². The molecule has 0 spiro atoms. The first-order valence-electron chi connectivity index (χ1n) is 7.62. The maximum atomic E-state index is 12.3. The smallest absolute Gasteiger partial charge is 0.267 e. The van der Waals surface area contributed by atoms with E-state index in [1.165, 1.54) is 0 Å². The van der Waals surface area contributed by atoms with E-state index in [1.54, 1.807) is 18.9 Å². The highest BCUT2D eigenvalue weighted by atomic mass is 16.5. The lowest BCUT2D eigenvalue weighted by Gasteiger charge is -2.31. The molecule has 22 heavy (non-hydrogen) atoms. The molecule has 3 rings (SSSR count). The van der Waals surface area contributed by atoms with Crippen LogP contribution in [0.4, 0.5) is 5.69 Å². The van der Waals surface area contributed by atoms with Crippen molar-refractivity contribution in [3.8, 4) is 5.75 Å². The van der Waals surface area contributed by atoms with Gasteiger partial charge in [0.25, 0.3) is 5.91 Å². The van der Waals surface area contributed by atoms with E-state index >= 15 is 0 Å². The third-order valence-corrected chi connectivity index (χ3v) is 4.19. The summed E-state index contributed by atoms with van der Waals surface area (Å²) in [5.74, 6) is 0.742. The number of amides is 2. The van der Waals surface area contributed by atoms with Gasteiger partial charge in [-0.2, -0.15) is 0 Å². The number of nitrogens with zero attached hydrogens (tertiary/aromatic N) is 2. The molecule has 2 amide bonds. The number of carbonyl (C=O) groups is 2. The number of carbonyl (C=O) groups excluding carboxylic acids is 2. The summed E-state index contributed by atoms with van der Waals surface area (Å²) >= 11 is 0. The average molecular weight is 303 g/mol. The van der Waals surface area contributed by atoms with Crippen LogP contribution in [0.5, 0.6) is 5.75 Å². The van der Waals surface area contributed by atoms with Crippen molar-refractivity contribution in [2.24, 2.45) is 0 Å². The van der Waals surface area contributed by atoms with Crippen molar-refractivity contribution in [1.82, 2.24) is 10.2 Å². The summed E-state index contributed by atoms with van der Waals surface area (Å²) < 4.78 is 5.60. The molecule has 0 aliphatic carbocycles. The Morgan fingerprint density at radius 2 is 2.09 bits per heavy atom. The highest BCUT2D eigenvalue weighted by Crippen LogP contribution is 2.34. The zero-order chi connectivity index (χ0) is 15.7. The van der Waals surface area contributed by atoms with Gasteiger partial charge in [0, 0.05) is 33.2 Å². The third-order valence-electron chi connectivity index (χ3n) is 4.19. The minimum atomic E-state index is -0.467. The molecule has 2 aliphatic heterocycles. The Hall–Kier alpha value is -2.08. The second-order valence-corrected chi connectivity index (χ2v) is 5.77. The molecule has 1 saturated heterocycles. The Bertz CT molecular complexity index is 596. The van der Waals surface area contributed by atoms with Crippen LogP contribution in [0.1, 0.15) is 12.5 Å². The van der Waals surface area contributed by atoms with E-state index < -0.39 is 6.10 Å². The van der Waals surface area contributed by atoms with Gasteiger partial charge in [-0.05, 0) is 24.6 Å². The fourth-order valence-corrected chi connectivity index (χ4v) is 2.87. The molecule has 6 nitrogen and oxygen atoms in total. The largest absolute Gasteiger partial charge is 0.479 e. The summed E-state index contributed by atoms with van der Waals surface area (Å²) in [6.45, 7) is 4.94. The predicted molar refractivity (Wildman–Crippen MR) is 83.1 cm³/mol. The number of anilines is 1. The lowest BCUT2D eigenvalue weighted by atomic mass is 10.1. The summed E-state index contributed by atoms with van der Waals surface area (Å²) in [6.07, 6.45) is -0.115. The number of nitrogens with one attached hydrogen (secondary N) is 1. The fourth-order valence-electron chi connectivity index (χ4n) is 2.87. The first-order chi connectivity index (χ1) is 10.6. The summed E-state index contributed by atoms with van der Waals surface area (Å²) in [4.78, 5) is 27.8. The Morgan fingerprint density at radius 1 is 1.36 bits per heavy atom. The van der Waals surface area contributed by atoms with Crippen LogP contribution in [0, 0.1) is 0 Å². The normalized spacial score (nSPS) is 21.4. The molecule has 0 saturated carbocycles. The van der Waals surface area contributed by atoms with Gasteiger partial charge < -0.3 is 19.9 Å². The van der Waals surface area contributed by atoms with Crippen LogP contribution in [0.3, 0.4) is 0 Å². The van der Waals surface area contributed by atoms with Crippen LogP contribution >= 0.6 is 0 Å². The fraction of sp³-hybridized carbons (Fsp3) is 0.500. The van der Waals surface area contributed by atoms with Crippen molar-refractivity contribution >= 4 is 17.5 Å². The molecule has 2 aliphatic rings. The second-order valence-electron chi connectivity index (χ2n) is 5.77. The minimum Gasteiger partial charge on any atom is -0.479 e.